The zero-order chi connectivity index (χ0) is 12.7. The van der Waals surface area contributed by atoms with Crippen LogP contribution in [0.15, 0.2) is 29.2 Å². The van der Waals surface area contributed by atoms with Crippen molar-refractivity contribution in [2.75, 3.05) is 25.1 Å². The maximum absolute atomic E-state index is 11.7. The van der Waals surface area contributed by atoms with Gasteiger partial charge in [0.1, 0.15) is 0 Å². The largest absolute Gasteiger partial charge is 0.398 e. The van der Waals surface area contributed by atoms with Gasteiger partial charge in [-0.3, -0.25) is 4.79 Å². The van der Waals surface area contributed by atoms with E-state index in [-0.39, 0.29) is 5.91 Å². The number of para-hydroxylation sites is 1. The number of anilines is 1. The average molecular weight is 249 g/mol. The smallest absolute Gasteiger partial charge is 0.232 e. The maximum atomic E-state index is 11.7. The van der Waals surface area contributed by atoms with Gasteiger partial charge >= 0.3 is 0 Å². The number of nitrogen functional groups attached to an aromatic ring is 1. The van der Waals surface area contributed by atoms with Crippen LogP contribution in [0.4, 0.5) is 5.69 Å². The van der Waals surface area contributed by atoms with Gasteiger partial charge < -0.3 is 10.6 Å². The zero-order valence-electron chi connectivity index (χ0n) is 9.72. The van der Waals surface area contributed by atoms with Gasteiger partial charge in [-0.15, -0.1) is 11.8 Å². The fraction of sp³-hybridized carbons (Fsp3) is 0.333. The first-order chi connectivity index (χ1) is 8.15. The molecule has 0 aromatic heterocycles. The second-order valence-electron chi connectivity index (χ2n) is 3.55. The maximum Gasteiger partial charge on any atom is 0.232 e. The number of rotatable bonds is 5. The Balaban J connectivity index is 2.43. The van der Waals surface area contributed by atoms with E-state index in [1.807, 2.05) is 30.3 Å². The van der Waals surface area contributed by atoms with E-state index in [4.69, 9.17) is 11.0 Å². The van der Waals surface area contributed by atoms with Crippen molar-refractivity contribution >= 4 is 23.4 Å². The summed E-state index contributed by atoms with van der Waals surface area (Å²) in [7, 11) is 1.70. The predicted octanol–water partition coefficient (Wildman–Crippen LogP) is 1.73. The highest BCUT2D eigenvalue weighted by molar-refractivity contribution is 8.00. The van der Waals surface area contributed by atoms with Gasteiger partial charge in [-0.1, -0.05) is 12.1 Å². The summed E-state index contributed by atoms with van der Waals surface area (Å²) >= 11 is 1.42. The number of hydrogen-bond acceptors (Lipinski definition) is 4. The van der Waals surface area contributed by atoms with Crippen molar-refractivity contribution < 1.29 is 4.79 Å². The SMILES string of the molecule is CN(CCC#N)C(=O)CSc1ccccc1N. The molecule has 0 spiro atoms. The first-order valence-electron chi connectivity index (χ1n) is 5.23. The Morgan fingerprint density at radius 3 is 2.88 bits per heavy atom. The lowest BCUT2D eigenvalue weighted by molar-refractivity contribution is -0.127. The third kappa shape index (κ3) is 4.37. The number of hydrogen-bond donors (Lipinski definition) is 1. The molecule has 0 bridgehead atoms. The minimum Gasteiger partial charge on any atom is -0.398 e. The summed E-state index contributed by atoms with van der Waals surface area (Å²) in [5.74, 6) is 0.351. The predicted molar refractivity (Wildman–Crippen MR) is 69.4 cm³/mol. The topological polar surface area (TPSA) is 70.1 Å². The molecular formula is C12H15N3OS. The number of nitrogens with two attached hydrogens (primary N) is 1. The second-order valence-corrected chi connectivity index (χ2v) is 4.57. The molecule has 5 heteroatoms. The Morgan fingerprint density at radius 2 is 2.24 bits per heavy atom. The van der Waals surface area contributed by atoms with Crippen LogP contribution >= 0.6 is 11.8 Å². The molecule has 1 amide bonds. The molecular weight excluding hydrogens is 234 g/mol. The van der Waals surface area contributed by atoms with E-state index in [1.165, 1.54) is 11.8 Å². The molecule has 0 saturated carbocycles. The monoisotopic (exact) mass is 249 g/mol. The van der Waals surface area contributed by atoms with Crippen molar-refractivity contribution in [2.45, 2.75) is 11.3 Å². The molecule has 2 N–H and O–H groups in total. The number of amides is 1. The molecule has 1 aromatic carbocycles. The standard InChI is InChI=1S/C12H15N3OS/c1-15(8-4-7-13)12(16)9-17-11-6-3-2-5-10(11)14/h2-3,5-6H,4,8-9,14H2,1H3. The molecule has 0 saturated heterocycles. The zero-order valence-corrected chi connectivity index (χ0v) is 10.5. The Bertz CT molecular complexity index is 428. The van der Waals surface area contributed by atoms with Crippen molar-refractivity contribution in [3.8, 4) is 6.07 Å². The van der Waals surface area contributed by atoms with Crippen LogP contribution in [0.3, 0.4) is 0 Å². The molecule has 0 radical (unpaired) electrons. The molecule has 17 heavy (non-hydrogen) atoms. The molecule has 0 aliphatic carbocycles. The number of thioether (sulfide) groups is 1. The van der Waals surface area contributed by atoms with Gasteiger partial charge in [0, 0.05) is 24.2 Å². The summed E-state index contributed by atoms with van der Waals surface area (Å²) in [6.45, 7) is 0.472. The van der Waals surface area contributed by atoms with Gasteiger partial charge in [0.25, 0.3) is 0 Å². The Hall–Kier alpha value is -1.67. The molecule has 0 aliphatic heterocycles. The van der Waals surface area contributed by atoms with Crippen molar-refractivity contribution in [2.24, 2.45) is 0 Å². The lowest BCUT2D eigenvalue weighted by atomic mass is 10.3. The van der Waals surface area contributed by atoms with Crippen LogP contribution in [-0.4, -0.2) is 30.2 Å². The first-order valence-corrected chi connectivity index (χ1v) is 6.22. The fourth-order valence-electron chi connectivity index (χ4n) is 1.20. The summed E-state index contributed by atoms with van der Waals surface area (Å²) < 4.78 is 0. The fourth-order valence-corrected chi connectivity index (χ4v) is 2.11. The van der Waals surface area contributed by atoms with Crippen molar-refractivity contribution in [3.63, 3.8) is 0 Å². The molecule has 0 heterocycles. The van der Waals surface area contributed by atoms with Gasteiger partial charge in [-0.2, -0.15) is 5.26 Å². The minimum absolute atomic E-state index is 0.00787. The van der Waals surface area contributed by atoms with Crippen LogP contribution in [0, 0.1) is 11.3 Å². The number of nitrogens with zero attached hydrogens (tertiary/aromatic N) is 2. The number of nitriles is 1. The summed E-state index contributed by atoms with van der Waals surface area (Å²) in [4.78, 5) is 14.2. The number of carbonyl (C=O) groups is 1. The highest BCUT2D eigenvalue weighted by atomic mass is 32.2. The van der Waals surface area contributed by atoms with E-state index in [2.05, 4.69) is 0 Å². The van der Waals surface area contributed by atoms with Gasteiger partial charge in [0.15, 0.2) is 0 Å². The second kappa shape index (κ2) is 6.81. The molecule has 90 valence electrons. The van der Waals surface area contributed by atoms with E-state index in [0.717, 1.165) is 4.90 Å². The van der Waals surface area contributed by atoms with Gasteiger partial charge in [-0.25, -0.2) is 0 Å². The highest BCUT2D eigenvalue weighted by Gasteiger charge is 2.09. The van der Waals surface area contributed by atoms with Crippen molar-refractivity contribution in [1.82, 2.24) is 4.90 Å². The van der Waals surface area contributed by atoms with E-state index >= 15 is 0 Å². The molecule has 0 aliphatic rings. The first kappa shape index (κ1) is 13.4. The minimum atomic E-state index is 0.00787. The Labute approximate surface area is 105 Å². The van der Waals surface area contributed by atoms with E-state index < -0.39 is 0 Å². The lowest BCUT2D eigenvalue weighted by Gasteiger charge is -2.15. The Morgan fingerprint density at radius 1 is 1.53 bits per heavy atom. The van der Waals surface area contributed by atoms with E-state index in [1.54, 1.807) is 11.9 Å². The number of carbonyl (C=O) groups excluding carboxylic acids is 1. The normalized spacial score (nSPS) is 9.65. The third-order valence-electron chi connectivity index (χ3n) is 2.25. The quantitative estimate of drug-likeness (QED) is 0.637. The van der Waals surface area contributed by atoms with Gasteiger partial charge in [-0.05, 0) is 12.1 Å². The molecule has 0 unspecified atom stereocenters. The molecule has 4 nitrogen and oxygen atoms in total. The average Bonchev–Trinajstić information content (AvgIpc) is 2.34. The van der Waals surface area contributed by atoms with Crippen LogP contribution in [-0.2, 0) is 4.79 Å². The van der Waals surface area contributed by atoms with Crippen molar-refractivity contribution in [1.29, 1.82) is 5.26 Å². The molecule has 1 rings (SSSR count). The summed E-state index contributed by atoms with van der Waals surface area (Å²) in [5.41, 5.74) is 6.46. The molecule has 0 atom stereocenters. The lowest BCUT2D eigenvalue weighted by Crippen LogP contribution is -2.29. The number of benzene rings is 1. The third-order valence-corrected chi connectivity index (χ3v) is 3.33. The molecule has 0 fully saturated rings. The highest BCUT2D eigenvalue weighted by Crippen LogP contribution is 2.24. The van der Waals surface area contributed by atoms with Crippen molar-refractivity contribution in [3.05, 3.63) is 24.3 Å². The van der Waals surface area contributed by atoms with Gasteiger partial charge in [0.05, 0.1) is 18.2 Å². The van der Waals surface area contributed by atoms with Crippen LogP contribution < -0.4 is 5.73 Å². The summed E-state index contributed by atoms with van der Waals surface area (Å²) in [5, 5.41) is 8.43. The van der Waals surface area contributed by atoms with E-state index in [9.17, 15) is 4.79 Å². The summed E-state index contributed by atoms with van der Waals surface area (Å²) in [6.07, 6.45) is 0.361. The summed E-state index contributed by atoms with van der Waals surface area (Å²) in [6, 6.07) is 9.47. The van der Waals surface area contributed by atoms with Crippen LogP contribution in [0.25, 0.3) is 0 Å². The van der Waals surface area contributed by atoms with E-state index in [0.29, 0.717) is 24.4 Å². The molecule has 1 aromatic rings. The van der Waals surface area contributed by atoms with Crippen LogP contribution in [0.5, 0.6) is 0 Å². The van der Waals surface area contributed by atoms with Gasteiger partial charge in [0.2, 0.25) is 5.91 Å². The Kier molecular flexibility index (Phi) is 5.37. The van der Waals surface area contributed by atoms with Crippen LogP contribution in [0.1, 0.15) is 6.42 Å². The van der Waals surface area contributed by atoms with Crippen LogP contribution in [0.2, 0.25) is 0 Å².